The van der Waals surface area contributed by atoms with Gasteiger partial charge in [0.15, 0.2) is 0 Å². The highest BCUT2D eigenvalue weighted by Gasteiger charge is 1.99. The minimum atomic E-state index is 0.876. The quantitative estimate of drug-likeness (QED) is 0.593. The lowest BCUT2D eigenvalue weighted by Gasteiger charge is -2.13. The first kappa shape index (κ1) is 8.34. The number of hydrogen-bond acceptors (Lipinski definition) is 2. The molecule has 1 aromatic carbocycles. The molecule has 0 amide bonds. The van der Waals surface area contributed by atoms with Crippen LogP contribution in [0.2, 0.25) is 0 Å². The molecule has 1 aromatic rings. The summed E-state index contributed by atoms with van der Waals surface area (Å²) in [5.74, 6) is 0.943. The maximum Gasteiger partial charge on any atom is 0.124 e. The number of ether oxygens (including phenoxy) is 1. The van der Waals surface area contributed by atoms with Gasteiger partial charge in [-0.1, -0.05) is 12.1 Å². The van der Waals surface area contributed by atoms with Crippen molar-refractivity contribution >= 4 is 12.6 Å². The Morgan fingerprint density at radius 3 is 2.00 bits per heavy atom. The second-order valence-electron chi connectivity index (χ2n) is 2.59. The summed E-state index contributed by atoms with van der Waals surface area (Å²) in [7, 11) is 1.68. The van der Waals surface area contributed by atoms with Crippen molar-refractivity contribution in [2.24, 2.45) is 0 Å². The molecule has 0 N–H and O–H groups in total. The van der Waals surface area contributed by atoms with Crippen LogP contribution < -0.4 is 4.74 Å². The Kier molecular flexibility index (Phi) is 2.35. The number of methoxy groups -OCH3 is 1. The molecule has 1 nitrogen and oxygen atoms in total. The van der Waals surface area contributed by atoms with Crippen molar-refractivity contribution in [1.82, 2.24) is 0 Å². The van der Waals surface area contributed by atoms with Crippen LogP contribution in [0.3, 0.4) is 0 Å². The molecular weight excluding hydrogens is 156 g/mol. The van der Waals surface area contributed by atoms with Crippen LogP contribution in [0.25, 0.3) is 0 Å². The topological polar surface area (TPSA) is 9.23 Å². The Morgan fingerprint density at radius 2 is 1.64 bits per heavy atom. The summed E-state index contributed by atoms with van der Waals surface area (Å²) in [5, 5.41) is 0. The molecule has 0 heterocycles. The van der Waals surface area contributed by atoms with Crippen LogP contribution in [0.15, 0.2) is 17.0 Å². The fourth-order valence-electron chi connectivity index (χ4n) is 1.23. The van der Waals surface area contributed by atoms with Crippen molar-refractivity contribution in [2.45, 2.75) is 18.7 Å². The van der Waals surface area contributed by atoms with E-state index in [4.69, 9.17) is 17.4 Å². The van der Waals surface area contributed by atoms with Gasteiger partial charge in [0.05, 0.1) is 7.11 Å². The Labute approximate surface area is 72.8 Å². The highest BCUT2D eigenvalue weighted by atomic mass is 32.1. The van der Waals surface area contributed by atoms with Crippen molar-refractivity contribution in [1.29, 1.82) is 0 Å². The molecule has 0 radical (unpaired) electrons. The van der Waals surface area contributed by atoms with E-state index in [1.165, 1.54) is 0 Å². The fraction of sp³-hybridized carbons (Fsp3) is 0.333. The number of benzene rings is 1. The van der Waals surface area contributed by atoms with E-state index in [-0.39, 0.29) is 0 Å². The van der Waals surface area contributed by atoms with Crippen molar-refractivity contribution < 1.29 is 4.74 Å². The van der Waals surface area contributed by atoms with E-state index in [9.17, 15) is 0 Å². The van der Waals surface area contributed by atoms with Crippen LogP contribution in [0, 0.1) is 13.8 Å². The van der Waals surface area contributed by atoms with Crippen molar-refractivity contribution in [3.8, 4) is 5.75 Å². The van der Waals surface area contributed by atoms with Crippen molar-refractivity contribution in [3.63, 3.8) is 0 Å². The summed E-state index contributed by atoms with van der Waals surface area (Å²) < 4.78 is 5.18. The van der Waals surface area contributed by atoms with Crippen LogP contribution in [0.4, 0.5) is 0 Å². The molecule has 0 saturated carbocycles. The van der Waals surface area contributed by atoms with E-state index >= 15 is 0 Å². The molecule has 0 bridgehead atoms. The van der Waals surface area contributed by atoms with Crippen LogP contribution in [-0.4, -0.2) is 7.11 Å². The standard InChI is InChI=1S/C9H12OS/c1-6-4-8(11)5-7(2)9(6)10-3/h4-5,11H,1-3H3/p-1. The first-order valence-corrected chi connectivity index (χ1v) is 3.88. The van der Waals surface area contributed by atoms with E-state index in [2.05, 4.69) is 0 Å². The van der Waals surface area contributed by atoms with E-state index < -0.39 is 0 Å². The molecule has 0 fully saturated rings. The number of hydrogen-bond donors (Lipinski definition) is 0. The minimum absolute atomic E-state index is 0.876. The van der Waals surface area contributed by atoms with Crippen molar-refractivity contribution in [3.05, 3.63) is 23.3 Å². The van der Waals surface area contributed by atoms with Gasteiger partial charge in [0.25, 0.3) is 0 Å². The van der Waals surface area contributed by atoms with Gasteiger partial charge in [-0.05, 0) is 25.0 Å². The molecule has 2 heteroatoms. The van der Waals surface area contributed by atoms with Gasteiger partial charge in [0.1, 0.15) is 5.75 Å². The van der Waals surface area contributed by atoms with Gasteiger partial charge < -0.3 is 17.4 Å². The zero-order valence-corrected chi connectivity index (χ0v) is 7.79. The Bertz CT molecular complexity index is 245. The molecule has 1 rings (SSSR count). The summed E-state index contributed by atoms with van der Waals surface area (Å²) in [4.78, 5) is 0.876. The smallest absolute Gasteiger partial charge is 0.124 e. The molecule has 0 aliphatic carbocycles. The number of aryl methyl sites for hydroxylation is 2. The second-order valence-corrected chi connectivity index (χ2v) is 3.06. The predicted molar refractivity (Wildman–Crippen MR) is 48.1 cm³/mol. The zero-order chi connectivity index (χ0) is 8.43. The first-order chi connectivity index (χ1) is 5.15. The largest absolute Gasteiger partial charge is 0.780 e. The third kappa shape index (κ3) is 1.63. The lowest BCUT2D eigenvalue weighted by molar-refractivity contribution is 0.408. The second kappa shape index (κ2) is 3.09. The van der Waals surface area contributed by atoms with Crippen LogP contribution in [0.1, 0.15) is 11.1 Å². The van der Waals surface area contributed by atoms with Crippen LogP contribution in [-0.2, 0) is 12.6 Å². The zero-order valence-electron chi connectivity index (χ0n) is 6.97. The van der Waals surface area contributed by atoms with E-state index in [1.54, 1.807) is 7.11 Å². The fourth-order valence-corrected chi connectivity index (χ4v) is 1.59. The molecule has 0 aliphatic rings. The minimum Gasteiger partial charge on any atom is -0.780 e. The third-order valence-corrected chi connectivity index (χ3v) is 1.87. The summed E-state index contributed by atoms with van der Waals surface area (Å²) in [6.07, 6.45) is 0. The maximum absolute atomic E-state index is 5.18. The predicted octanol–water partition coefficient (Wildman–Crippen LogP) is 2.22. The number of rotatable bonds is 1. The summed E-state index contributed by atoms with van der Waals surface area (Å²) >= 11 is 5.04. The highest BCUT2D eigenvalue weighted by molar-refractivity contribution is 7.58. The van der Waals surface area contributed by atoms with Crippen LogP contribution in [0.5, 0.6) is 5.75 Å². The molecule has 0 unspecified atom stereocenters. The molecule has 11 heavy (non-hydrogen) atoms. The molecular formula is C9H11OS-. The molecule has 0 spiro atoms. The van der Waals surface area contributed by atoms with Gasteiger partial charge >= 0.3 is 0 Å². The van der Waals surface area contributed by atoms with Gasteiger partial charge in [0, 0.05) is 0 Å². The molecule has 0 aromatic heterocycles. The van der Waals surface area contributed by atoms with E-state index in [0.717, 1.165) is 21.8 Å². The molecule has 0 aliphatic heterocycles. The SMILES string of the molecule is COc1c(C)cc([S-])cc1C. The van der Waals surface area contributed by atoms with E-state index in [0.29, 0.717) is 0 Å². The van der Waals surface area contributed by atoms with Gasteiger partial charge in [-0.25, -0.2) is 0 Å². The maximum atomic E-state index is 5.18. The Balaban J connectivity index is 3.25. The monoisotopic (exact) mass is 167 g/mol. The molecule has 0 saturated heterocycles. The van der Waals surface area contributed by atoms with Gasteiger partial charge in [0.2, 0.25) is 0 Å². The molecule has 0 atom stereocenters. The summed E-state index contributed by atoms with van der Waals surface area (Å²) in [6, 6.07) is 3.89. The Hall–Kier alpha value is -0.760. The Morgan fingerprint density at radius 1 is 1.18 bits per heavy atom. The third-order valence-electron chi connectivity index (χ3n) is 1.64. The highest BCUT2D eigenvalue weighted by Crippen LogP contribution is 2.23. The summed E-state index contributed by atoms with van der Waals surface area (Å²) in [5.41, 5.74) is 2.22. The van der Waals surface area contributed by atoms with Gasteiger partial charge in [-0.3, -0.25) is 0 Å². The summed E-state index contributed by atoms with van der Waals surface area (Å²) in [6.45, 7) is 4.00. The molecule has 60 valence electrons. The van der Waals surface area contributed by atoms with E-state index in [1.807, 2.05) is 26.0 Å². The average molecular weight is 167 g/mol. The van der Waals surface area contributed by atoms with Gasteiger partial charge in [-0.2, -0.15) is 4.90 Å². The van der Waals surface area contributed by atoms with Crippen LogP contribution >= 0.6 is 0 Å². The average Bonchev–Trinajstić information content (AvgIpc) is 1.85. The van der Waals surface area contributed by atoms with Gasteiger partial charge in [-0.15, -0.1) is 0 Å². The normalized spacial score (nSPS) is 9.73. The lowest BCUT2D eigenvalue weighted by Crippen LogP contribution is -1.91. The first-order valence-electron chi connectivity index (χ1n) is 3.47. The lowest BCUT2D eigenvalue weighted by atomic mass is 10.1. The van der Waals surface area contributed by atoms with Crippen molar-refractivity contribution in [2.75, 3.05) is 7.11 Å².